The molecule has 2 bridgehead atoms. The number of alkyl halides is 2. The first-order chi connectivity index (χ1) is 11.6. The summed E-state index contributed by atoms with van der Waals surface area (Å²) in [6.07, 6.45) is 2.22. The standard InChI is InChI=1S/C16H18F2N4O2/c17-16(18)24-10-1-2-11-12(7-10)20-21-14(11)15(23)19-13-8-22-5-3-9(13)4-6-22/h1-2,7,9,13,16H,3-6,8H2,(H,19,23)(H,20,21)/t13-/m0/s1. The third kappa shape index (κ3) is 2.82. The van der Waals surface area contributed by atoms with Gasteiger partial charge < -0.3 is 15.0 Å². The Morgan fingerprint density at radius 1 is 1.38 bits per heavy atom. The van der Waals surface area contributed by atoms with Crippen LogP contribution in [-0.4, -0.2) is 53.3 Å². The molecule has 8 heteroatoms. The molecule has 5 rings (SSSR count). The van der Waals surface area contributed by atoms with Crippen molar-refractivity contribution in [3.8, 4) is 5.75 Å². The monoisotopic (exact) mass is 336 g/mol. The number of ether oxygens (including phenoxy) is 1. The quantitative estimate of drug-likeness (QED) is 0.896. The molecular weight excluding hydrogens is 318 g/mol. The fourth-order valence-electron chi connectivity index (χ4n) is 3.71. The molecule has 2 aromatic rings. The van der Waals surface area contributed by atoms with E-state index in [1.807, 2.05) is 0 Å². The molecule has 3 fully saturated rings. The second-order valence-corrected chi connectivity index (χ2v) is 6.38. The summed E-state index contributed by atoms with van der Waals surface area (Å²) < 4.78 is 28.9. The lowest BCUT2D eigenvalue weighted by atomic mass is 9.84. The van der Waals surface area contributed by atoms with Crippen molar-refractivity contribution in [1.29, 1.82) is 0 Å². The van der Waals surface area contributed by atoms with Crippen LogP contribution in [0.25, 0.3) is 10.9 Å². The predicted octanol–water partition coefficient (Wildman–Crippen LogP) is 1.99. The van der Waals surface area contributed by atoms with Crippen molar-refractivity contribution < 1.29 is 18.3 Å². The molecule has 0 unspecified atom stereocenters. The lowest BCUT2D eigenvalue weighted by Gasteiger charge is -2.44. The van der Waals surface area contributed by atoms with E-state index in [2.05, 4.69) is 25.2 Å². The van der Waals surface area contributed by atoms with Crippen molar-refractivity contribution in [3.63, 3.8) is 0 Å². The number of aromatic nitrogens is 2. The van der Waals surface area contributed by atoms with Crippen LogP contribution in [0.15, 0.2) is 18.2 Å². The van der Waals surface area contributed by atoms with Gasteiger partial charge in [-0.1, -0.05) is 0 Å². The van der Waals surface area contributed by atoms with Gasteiger partial charge in [0.25, 0.3) is 5.91 Å². The molecule has 0 radical (unpaired) electrons. The van der Waals surface area contributed by atoms with Gasteiger partial charge in [0.05, 0.1) is 5.52 Å². The average molecular weight is 336 g/mol. The molecule has 6 nitrogen and oxygen atoms in total. The number of carbonyl (C=O) groups is 1. The van der Waals surface area contributed by atoms with Gasteiger partial charge in [-0.25, -0.2) is 0 Å². The first kappa shape index (κ1) is 15.3. The topological polar surface area (TPSA) is 70.2 Å². The van der Waals surface area contributed by atoms with Gasteiger partial charge in [-0.2, -0.15) is 13.9 Å². The Balaban J connectivity index is 1.52. The number of benzene rings is 1. The number of hydrogen-bond donors (Lipinski definition) is 2. The number of piperidine rings is 3. The first-order valence-corrected chi connectivity index (χ1v) is 8.06. The number of nitrogens with one attached hydrogen (secondary N) is 2. The van der Waals surface area contributed by atoms with Crippen molar-refractivity contribution in [2.75, 3.05) is 19.6 Å². The lowest BCUT2D eigenvalue weighted by molar-refractivity contribution is -0.0497. The van der Waals surface area contributed by atoms with Crippen LogP contribution in [0.2, 0.25) is 0 Å². The molecule has 1 aromatic heterocycles. The van der Waals surface area contributed by atoms with Crippen LogP contribution in [0.3, 0.4) is 0 Å². The molecule has 3 saturated heterocycles. The Morgan fingerprint density at radius 3 is 2.83 bits per heavy atom. The number of amides is 1. The van der Waals surface area contributed by atoms with Gasteiger partial charge in [-0.05, 0) is 44.0 Å². The van der Waals surface area contributed by atoms with Gasteiger partial charge in [0.2, 0.25) is 0 Å². The van der Waals surface area contributed by atoms with Gasteiger partial charge >= 0.3 is 6.61 Å². The largest absolute Gasteiger partial charge is 0.435 e. The van der Waals surface area contributed by atoms with Gasteiger partial charge in [-0.3, -0.25) is 9.89 Å². The van der Waals surface area contributed by atoms with E-state index in [4.69, 9.17) is 0 Å². The molecule has 0 spiro atoms. The number of carbonyl (C=O) groups excluding carboxylic acids is 1. The number of fused-ring (bicyclic) bond motifs is 4. The fourth-order valence-corrected chi connectivity index (χ4v) is 3.71. The highest BCUT2D eigenvalue weighted by molar-refractivity contribution is 6.05. The zero-order valence-electron chi connectivity index (χ0n) is 13.0. The molecule has 4 heterocycles. The molecule has 24 heavy (non-hydrogen) atoms. The van der Waals surface area contributed by atoms with E-state index in [1.165, 1.54) is 12.1 Å². The smallest absolute Gasteiger partial charge is 0.387 e. The van der Waals surface area contributed by atoms with Crippen LogP contribution in [0.1, 0.15) is 23.3 Å². The SMILES string of the molecule is O=C(N[C@H]1CN2CCC1CC2)c1n[nH]c2cc(OC(F)F)ccc12. The number of hydrogen-bond acceptors (Lipinski definition) is 4. The highest BCUT2D eigenvalue weighted by Crippen LogP contribution is 2.28. The van der Waals surface area contributed by atoms with Crippen molar-refractivity contribution in [3.05, 3.63) is 23.9 Å². The Hall–Kier alpha value is -2.22. The Bertz CT molecular complexity index is 756. The summed E-state index contributed by atoms with van der Waals surface area (Å²) in [6, 6.07) is 4.55. The molecule has 2 N–H and O–H groups in total. The van der Waals surface area contributed by atoms with Crippen LogP contribution in [-0.2, 0) is 0 Å². The highest BCUT2D eigenvalue weighted by atomic mass is 19.3. The maximum absolute atomic E-state index is 12.6. The normalized spacial score (nSPS) is 26.0. The summed E-state index contributed by atoms with van der Waals surface area (Å²) in [7, 11) is 0. The molecule has 1 amide bonds. The third-order valence-corrected chi connectivity index (χ3v) is 4.95. The lowest BCUT2D eigenvalue weighted by Crippen LogP contribution is -2.57. The predicted molar refractivity (Wildman–Crippen MR) is 83.1 cm³/mol. The van der Waals surface area contributed by atoms with E-state index in [0.717, 1.165) is 32.5 Å². The van der Waals surface area contributed by atoms with Gasteiger partial charge in [0.1, 0.15) is 5.75 Å². The molecule has 1 atom stereocenters. The third-order valence-electron chi connectivity index (χ3n) is 4.95. The molecule has 1 aromatic carbocycles. The van der Waals surface area contributed by atoms with Gasteiger partial charge in [0, 0.05) is 24.0 Å². The number of halogens is 2. The van der Waals surface area contributed by atoms with Crippen molar-refractivity contribution in [1.82, 2.24) is 20.4 Å². The Kier molecular flexibility index (Phi) is 3.84. The Labute approximate surface area is 137 Å². The number of H-pyrrole nitrogens is 1. The van der Waals surface area contributed by atoms with Gasteiger partial charge in [-0.15, -0.1) is 0 Å². The van der Waals surface area contributed by atoms with Crippen molar-refractivity contribution in [2.24, 2.45) is 5.92 Å². The van der Waals surface area contributed by atoms with Crippen LogP contribution in [0.5, 0.6) is 5.75 Å². The number of aromatic amines is 1. The molecular formula is C16H18F2N4O2. The fraction of sp³-hybridized carbons (Fsp3) is 0.500. The average Bonchev–Trinajstić information content (AvgIpc) is 2.98. The maximum atomic E-state index is 12.6. The second kappa shape index (κ2) is 6.01. The summed E-state index contributed by atoms with van der Waals surface area (Å²) in [5, 5.41) is 10.4. The van der Waals surface area contributed by atoms with Crippen LogP contribution >= 0.6 is 0 Å². The van der Waals surface area contributed by atoms with Crippen LogP contribution < -0.4 is 10.1 Å². The number of nitrogens with zero attached hydrogens (tertiary/aromatic N) is 2. The summed E-state index contributed by atoms with van der Waals surface area (Å²) in [6.45, 7) is 0.209. The number of rotatable bonds is 4. The van der Waals surface area contributed by atoms with Crippen LogP contribution in [0.4, 0.5) is 8.78 Å². The molecule has 3 aliphatic heterocycles. The van der Waals surface area contributed by atoms with Crippen molar-refractivity contribution >= 4 is 16.8 Å². The minimum atomic E-state index is -2.88. The highest BCUT2D eigenvalue weighted by Gasteiger charge is 2.35. The first-order valence-electron chi connectivity index (χ1n) is 8.06. The summed E-state index contributed by atoms with van der Waals surface area (Å²) >= 11 is 0. The van der Waals surface area contributed by atoms with E-state index >= 15 is 0 Å². The van der Waals surface area contributed by atoms with E-state index in [1.54, 1.807) is 6.07 Å². The van der Waals surface area contributed by atoms with Crippen molar-refractivity contribution in [2.45, 2.75) is 25.5 Å². The maximum Gasteiger partial charge on any atom is 0.387 e. The summed E-state index contributed by atoms with van der Waals surface area (Å²) in [5.41, 5.74) is 0.775. The minimum absolute atomic E-state index is 0.0329. The van der Waals surface area contributed by atoms with E-state index in [0.29, 0.717) is 16.8 Å². The van der Waals surface area contributed by atoms with Crippen LogP contribution in [0, 0.1) is 5.92 Å². The summed E-state index contributed by atoms with van der Waals surface area (Å²) in [5.74, 6) is 0.322. The molecule has 128 valence electrons. The Morgan fingerprint density at radius 2 is 2.17 bits per heavy atom. The van der Waals surface area contributed by atoms with E-state index in [-0.39, 0.29) is 23.4 Å². The van der Waals surface area contributed by atoms with Gasteiger partial charge in [0.15, 0.2) is 5.69 Å². The molecule has 0 saturated carbocycles. The summed E-state index contributed by atoms with van der Waals surface area (Å²) in [4.78, 5) is 14.9. The minimum Gasteiger partial charge on any atom is -0.435 e. The molecule has 3 aliphatic rings. The zero-order chi connectivity index (χ0) is 16.7. The van der Waals surface area contributed by atoms with E-state index in [9.17, 15) is 13.6 Å². The second-order valence-electron chi connectivity index (χ2n) is 6.38. The van der Waals surface area contributed by atoms with E-state index < -0.39 is 6.61 Å². The molecule has 0 aliphatic carbocycles. The zero-order valence-corrected chi connectivity index (χ0v) is 13.0.